The highest BCUT2D eigenvalue weighted by Gasteiger charge is 2.17. The van der Waals surface area contributed by atoms with Gasteiger partial charge in [-0.3, -0.25) is 9.59 Å². The maximum absolute atomic E-state index is 12.0. The van der Waals surface area contributed by atoms with Gasteiger partial charge in [0, 0.05) is 12.3 Å². The van der Waals surface area contributed by atoms with Gasteiger partial charge in [-0.25, -0.2) is 0 Å². The van der Waals surface area contributed by atoms with E-state index in [1.54, 1.807) is 0 Å². The first-order valence-corrected chi connectivity index (χ1v) is 7.42. The van der Waals surface area contributed by atoms with Gasteiger partial charge >= 0.3 is 5.97 Å². The third kappa shape index (κ3) is 5.79. The van der Waals surface area contributed by atoms with E-state index in [2.05, 4.69) is 5.32 Å². The fourth-order valence-electron chi connectivity index (χ4n) is 1.79. The summed E-state index contributed by atoms with van der Waals surface area (Å²) in [6, 6.07) is 9.68. The minimum Gasteiger partial charge on any atom is -0.481 e. The molecule has 0 aliphatic heterocycles. The Hall–Kier alpha value is -1.49. The Kier molecular flexibility index (Phi) is 7.03. The molecule has 5 heteroatoms. The number of rotatable bonds is 8. The van der Waals surface area contributed by atoms with Crippen molar-refractivity contribution < 1.29 is 14.7 Å². The molecule has 0 saturated carbocycles. The molecule has 2 N–H and O–H groups in total. The third-order valence-electron chi connectivity index (χ3n) is 2.70. The Morgan fingerprint density at radius 2 is 2.00 bits per heavy atom. The van der Waals surface area contributed by atoms with Gasteiger partial charge in [0.25, 0.3) is 0 Å². The molecule has 1 amide bonds. The first kappa shape index (κ1) is 15.6. The maximum Gasteiger partial charge on any atom is 0.313 e. The van der Waals surface area contributed by atoms with Gasteiger partial charge in [-0.15, -0.1) is 11.8 Å². The maximum atomic E-state index is 12.0. The molecule has 0 aromatic heterocycles. The highest BCUT2D eigenvalue weighted by Crippen LogP contribution is 2.19. The summed E-state index contributed by atoms with van der Waals surface area (Å²) in [5.74, 6) is -0.267. The molecule has 0 saturated heterocycles. The summed E-state index contributed by atoms with van der Waals surface area (Å²) in [6.45, 7) is 2.48. The Morgan fingerprint density at radius 1 is 1.32 bits per heavy atom. The fraction of sp³-hybridized carbons (Fsp3) is 0.429. The van der Waals surface area contributed by atoms with E-state index in [-0.39, 0.29) is 17.6 Å². The second kappa shape index (κ2) is 8.58. The van der Waals surface area contributed by atoms with Crippen LogP contribution in [0.3, 0.4) is 0 Å². The van der Waals surface area contributed by atoms with E-state index in [0.29, 0.717) is 12.3 Å². The fourth-order valence-corrected chi connectivity index (χ4v) is 2.35. The molecule has 0 fully saturated rings. The largest absolute Gasteiger partial charge is 0.481 e. The molecule has 104 valence electrons. The number of hydrogen-bond acceptors (Lipinski definition) is 3. The van der Waals surface area contributed by atoms with Gasteiger partial charge in [0.15, 0.2) is 0 Å². The van der Waals surface area contributed by atoms with Crippen LogP contribution in [0.25, 0.3) is 0 Å². The van der Waals surface area contributed by atoms with Gasteiger partial charge in [0.1, 0.15) is 0 Å². The number of carbonyl (C=O) groups excluding carboxylic acids is 1. The van der Waals surface area contributed by atoms with E-state index in [1.165, 1.54) is 11.8 Å². The summed E-state index contributed by atoms with van der Waals surface area (Å²) in [7, 11) is 0. The Morgan fingerprint density at radius 3 is 2.58 bits per heavy atom. The zero-order chi connectivity index (χ0) is 14.1. The molecule has 4 nitrogen and oxygen atoms in total. The average molecular weight is 281 g/mol. The van der Waals surface area contributed by atoms with Crippen molar-refractivity contribution in [1.82, 2.24) is 5.32 Å². The molecule has 0 spiro atoms. The van der Waals surface area contributed by atoms with Crippen LogP contribution in [-0.4, -0.2) is 35.0 Å². The summed E-state index contributed by atoms with van der Waals surface area (Å²) >= 11 is 1.30. The smallest absolute Gasteiger partial charge is 0.313 e. The highest BCUT2D eigenvalue weighted by molar-refractivity contribution is 7.99. The van der Waals surface area contributed by atoms with Crippen molar-refractivity contribution in [3.05, 3.63) is 35.9 Å². The number of amides is 1. The number of carbonyl (C=O) groups is 2. The number of aliphatic carboxylic acids is 1. The Balaban J connectivity index is 2.37. The molecule has 0 radical (unpaired) electrons. The topological polar surface area (TPSA) is 66.4 Å². The van der Waals surface area contributed by atoms with Gasteiger partial charge < -0.3 is 10.4 Å². The number of hydrogen-bond donors (Lipinski definition) is 2. The quantitative estimate of drug-likeness (QED) is 0.716. The number of benzene rings is 1. The van der Waals surface area contributed by atoms with E-state index >= 15 is 0 Å². The number of carboxylic acid groups (broad SMARTS) is 1. The van der Waals surface area contributed by atoms with Crippen LogP contribution in [0.1, 0.15) is 24.8 Å². The van der Waals surface area contributed by atoms with Crippen molar-refractivity contribution in [3.63, 3.8) is 0 Å². The van der Waals surface area contributed by atoms with Crippen LogP contribution < -0.4 is 5.32 Å². The summed E-state index contributed by atoms with van der Waals surface area (Å²) in [5.41, 5.74) is 1.01. The zero-order valence-electron chi connectivity index (χ0n) is 11.0. The van der Waals surface area contributed by atoms with Crippen molar-refractivity contribution in [3.8, 4) is 0 Å². The number of thioether (sulfide) groups is 1. The van der Waals surface area contributed by atoms with Crippen LogP contribution in [-0.2, 0) is 9.59 Å². The van der Waals surface area contributed by atoms with E-state index in [1.807, 2.05) is 37.3 Å². The second-order valence-corrected chi connectivity index (χ2v) is 5.21. The SMILES string of the molecule is CCC(C(=O)NCCSCC(=O)O)c1ccccc1. The second-order valence-electron chi connectivity index (χ2n) is 4.11. The van der Waals surface area contributed by atoms with Gasteiger partial charge in [-0.2, -0.15) is 0 Å². The van der Waals surface area contributed by atoms with Crippen LogP contribution in [0.15, 0.2) is 30.3 Å². The lowest BCUT2D eigenvalue weighted by Crippen LogP contribution is -2.31. The molecular weight excluding hydrogens is 262 g/mol. The van der Waals surface area contributed by atoms with Crippen LogP contribution in [0, 0.1) is 0 Å². The van der Waals surface area contributed by atoms with E-state index < -0.39 is 5.97 Å². The molecule has 0 aliphatic rings. The molecule has 1 aromatic rings. The zero-order valence-corrected chi connectivity index (χ0v) is 11.8. The minimum atomic E-state index is -0.827. The molecule has 0 aliphatic carbocycles. The number of carboxylic acids is 1. The molecule has 1 aromatic carbocycles. The molecule has 1 atom stereocenters. The Bertz CT molecular complexity index is 408. The van der Waals surface area contributed by atoms with Gasteiger partial charge in [-0.1, -0.05) is 37.3 Å². The van der Waals surface area contributed by atoms with E-state index in [9.17, 15) is 9.59 Å². The summed E-state index contributed by atoms with van der Waals surface area (Å²) in [4.78, 5) is 22.4. The minimum absolute atomic E-state index is 0.00428. The Labute approximate surface area is 117 Å². The molecular formula is C14H19NO3S. The summed E-state index contributed by atoms with van der Waals surface area (Å²) in [6.07, 6.45) is 0.748. The molecule has 1 unspecified atom stereocenters. The van der Waals surface area contributed by atoms with E-state index in [0.717, 1.165) is 12.0 Å². The van der Waals surface area contributed by atoms with Crippen molar-refractivity contribution in [2.75, 3.05) is 18.1 Å². The predicted molar refractivity (Wildman–Crippen MR) is 77.4 cm³/mol. The molecule has 0 bridgehead atoms. The predicted octanol–water partition coefficient (Wildman–Crippen LogP) is 2.11. The summed E-state index contributed by atoms with van der Waals surface area (Å²) < 4.78 is 0. The first-order valence-electron chi connectivity index (χ1n) is 6.27. The van der Waals surface area contributed by atoms with Crippen molar-refractivity contribution in [2.45, 2.75) is 19.3 Å². The van der Waals surface area contributed by atoms with Crippen LogP contribution in [0.5, 0.6) is 0 Å². The lowest BCUT2D eigenvalue weighted by atomic mass is 9.96. The molecule has 0 heterocycles. The lowest BCUT2D eigenvalue weighted by Gasteiger charge is -2.15. The van der Waals surface area contributed by atoms with Gasteiger partial charge in [-0.05, 0) is 12.0 Å². The number of nitrogens with one attached hydrogen (secondary N) is 1. The third-order valence-corrected chi connectivity index (χ3v) is 3.64. The monoisotopic (exact) mass is 281 g/mol. The van der Waals surface area contributed by atoms with Crippen LogP contribution in [0.4, 0.5) is 0 Å². The highest BCUT2D eigenvalue weighted by atomic mass is 32.2. The van der Waals surface area contributed by atoms with Gasteiger partial charge in [0.05, 0.1) is 11.7 Å². The van der Waals surface area contributed by atoms with Crippen LogP contribution >= 0.6 is 11.8 Å². The summed E-state index contributed by atoms with van der Waals surface area (Å²) in [5, 5.41) is 11.3. The van der Waals surface area contributed by atoms with E-state index in [4.69, 9.17) is 5.11 Å². The van der Waals surface area contributed by atoms with Crippen molar-refractivity contribution in [1.29, 1.82) is 0 Å². The standard InChI is InChI=1S/C14H19NO3S/c1-2-12(11-6-4-3-5-7-11)14(18)15-8-9-19-10-13(16)17/h3-7,12H,2,8-10H2,1H3,(H,15,18)(H,16,17). The van der Waals surface area contributed by atoms with Gasteiger partial charge in [0.2, 0.25) is 5.91 Å². The van der Waals surface area contributed by atoms with Crippen molar-refractivity contribution in [2.24, 2.45) is 0 Å². The van der Waals surface area contributed by atoms with Crippen molar-refractivity contribution >= 4 is 23.6 Å². The average Bonchev–Trinajstić information content (AvgIpc) is 2.40. The normalized spacial score (nSPS) is 11.8. The van der Waals surface area contributed by atoms with Crippen LogP contribution in [0.2, 0.25) is 0 Å². The molecule has 19 heavy (non-hydrogen) atoms. The first-order chi connectivity index (χ1) is 9.15. The lowest BCUT2D eigenvalue weighted by molar-refractivity contribution is -0.133. The molecule has 1 rings (SSSR count).